The summed E-state index contributed by atoms with van der Waals surface area (Å²) in [5.41, 5.74) is 0.0255. The number of rotatable bonds is 5. The summed E-state index contributed by atoms with van der Waals surface area (Å²) in [7, 11) is 0. The normalized spacial score (nSPS) is 11.0. The van der Waals surface area contributed by atoms with E-state index in [0.29, 0.717) is 10.4 Å². The summed E-state index contributed by atoms with van der Waals surface area (Å²) in [5, 5.41) is 21.4. The molecule has 0 radical (unpaired) electrons. The summed E-state index contributed by atoms with van der Waals surface area (Å²) in [6, 6.07) is 7.91. The number of esters is 1. The number of para-hydroxylation sites is 1. The average molecular weight is 400 g/mol. The van der Waals surface area contributed by atoms with Crippen molar-refractivity contribution in [1.29, 1.82) is 5.41 Å². The summed E-state index contributed by atoms with van der Waals surface area (Å²) >= 11 is 1.29. The standard InChI is InChI=1S/C20H20N2O5S/c1-4-26-20(25)13-9-15(10(2)3)28-19(13)22-18(24)12-8-11-6-5-7-14(23)16(11)27-17(12)21/h5-10,21,23H,4H2,1-3H3,(H,22,24). The molecule has 0 aliphatic carbocycles. The van der Waals surface area contributed by atoms with Gasteiger partial charge in [0.25, 0.3) is 5.91 Å². The lowest BCUT2D eigenvalue weighted by molar-refractivity contribution is 0.0528. The average Bonchev–Trinajstić information content (AvgIpc) is 3.06. The Morgan fingerprint density at radius 1 is 1.29 bits per heavy atom. The zero-order valence-electron chi connectivity index (χ0n) is 15.7. The van der Waals surface area contributed by atoms with E-state index >= 15 is 0 Å². The first-order valence-corrected chi connectivity index (χ1v) is 9.56. The highest BCUT2D eigenvalue weighted by molar-refractivity contribution is 7.16. The smallest absolute Gasteiger partial charge is 0.341 e. The molecule has 0 aliphatic rings. The van der Waals surface area contributed by atoms with Crippen LogP contribution < -0.4 is 10.9 Å². The SMILES string of the molecule is CCOC(=O)c1cc(C(C)C)sc1NC(=O)c1cc2cccc(O)c2oc1=N. The predicted molar refractivity (Wildman–Crippen MR) is 106 cm³/mol. The topological polar surface area (TPSA) is 113 Å². The van der Waals surface area contributed by atoms with Gasteiger partial charge < -0.3 is 19.6 Å². The molecule has 0 fully saturated rings. The molecule has 28 heavy (non-hydrogen) atoms. The third-order valence-electron chi connectivity index (χ3n) is 4.06. The molecule has 0 atom stereocenters. The Labute approximate surface area is 165 Å². The number of anilines is 1. The van der Waals surface area contributed by atoms with E-state index in [-0.39, 0.29) is 40.5 Å². The van der Waals surface area contributed by atoms with Crippen molar-refractivity contribution >= 4 is 39.2 Å². The van der Waals surface area contributed by atoms with Crippen LogP contribution in [0, 0.1) is 5.41 Å². The number of benzene rings is 1. The van der Waals surface area contributed by atoms with Gasteiger partial charge in [-0.2, -0.15) is 0 Å². The van der Waals surface area contributed by atoms with Gasteiger partial charge in [-0.15, -0.1) is 11.3 Å². The molecule has 2 heterocycles. The van der Waals surface area contributed by atoms with E-state index in [9.17, 15) is 14.7 Å². The number of hydrogen-bond acceptors (Lipinski definition) is 7. The number of hydrogen-bond donors (Lipinski definition) is 3. The Morgan fingerprint density at radius 3 is 2.71 bits per heavy atom. The van der Waals surface area contributed by atoms with Crippen LogP contribution in [0.3, 0.4) is 0 Å². The number of amides is 1. The second-order valence-corrected chi connectivity index (χ2v) is 7.49. The molecule has 1 aromatic carbocycles. The molecule has 7 nitrogen and oxygen atoms in total. The van der Waals surface area contributed by atoms with E-state index in [2.05, 4.69) is 5.32 Å². The van der Waals surface area contributed by atoms with Gasteiger partial charge in [0.15, 0.2) is 11.3 Å². The van der Waals surface area contributed by atoms with Gasteiger partial charge in [0.1, 0.15) is 10.6 Å². The van der Waals surface area contributed by atoms with Crippen molar-refractivity contribution in [1.82, 2.24) is 0 Å². The molecule has 8 heteroatoms. The molecular formula is C20H20N2O5S. The summed E-state index contributed by atoms with van der Waals surface area (Å²) in [5.74, 6) is -1.03. The number of thiophene rings is 1. The van der Waals surface area contributed by atoms with Gasteiger partial charge in [-0.05, 0) is 31.0 Å². The Kier molecular flexibility index (Phi) is 5.51. The summed E-state index contributed by atoms with van der Waals surface area (Å²) in [6.07, 6.45) is 0. The Balaban J connectivity index is 1.99. The number of carbonyl (C=O) groups excluding carboxylic acids is 2. The molecule has 2 aromatic heterocycles. The van der Waals surface area contributed by atoms with E-state index < -0.39 is 11.9 Å². The molecule has 0 unspecified atom stereocenters. The molecule has 1 amide bonds. The molecular weight excluding hydrogens is 380 g/mol. The molecule has 146 valence electrons. The molecule has 0 bridgehead atoms. The van der Waals surface area contributed by atoms with Crippen molar-refractivity contribution in [3.05, 3.63) is 51.9 Å². The van der Waals surface area contributed by atoms with Crippen molar-refractivity contribution in [3.63, 3.8) is 0 Å². The highest BCUT2D eigenvalue weighted by atomic mass is 32.1. The zero-order chi connectivity index (χ0) is 20.4. The minimum Gasteiger partial charge on any atom is -0.504 e. The molecule has 3 aromatic rings. The molecule has 0 saturated heterocycles. The Morgan fingerprint density at radius 2 is 2.04 bits per heavy atom. The van der Waals surface area contributed by atoms with Gasteiger partial charge in [-0.25, -0.2) is 4.79 Å². The van der Waals surface area contributed by atoms with E-state index in [1.807, 2.05) is 13.8 Å². The fraction of sp³-hybridized carbons (Fsp3) is 0.250. The molecule has 0 saturated carbocycles. The minimum atomic E-state index is -0.582. The fourth-order valence-electron chi connectivity index (χ4n) is 2.63. The summed E-state index contributed by atoms with van der Waals surface area (Å²) in [4.78, 5) is 26.0. The third-order valence-corrected chi connectivity index (χ3v) is 5.41. The lowest BCUT2D eigenvalue weighted by Gasteiger charge is -2.07. The fourth-order valence-corrected chi connectivity index (χ4v) is 3.68. The zero-order valence-corrected chi connectivity index (χ0v) is 16.5. The van der Waals surface area contributed by atoms with Crippen LogP contribution in [-0.4, -0.2) is 23.6 Å². The van der Waals surface area contributed by atoms with Crippen LogP contribution in [0.1, 0.15) is 52.3 Å². The van der Waals surface area contributed by atoms with E-state index in [0.717, 1.165) is 4.88 Å². The Hall–Kier alpha value is -3.13. The quantitative estimate of drug-likeness (QED) is 0.555. The van der Waals surface area contributed by atoms with E-state index in [1.54, 1.807) is 25.1 Å². The van der Waals surface area contributed by atoms with Crippen molar-refractivity contribution in [2.24, 2.45) is 0 Å². The first-order valence-electron chi connectivity index (χ1n) is 8.74. The minimum absolute atomic E-state index is 0.00703. The molecule has 0 aliphatic heterocycles. The number of phenolic OH excluding ortho intramolecular Hbond substituents is 1. The highest BCUT2D eigenvalue weighted by Gasteiger charge is 2.22. The van der Waals surface area contributed by atoms with Crippen molar-refractivity contribution in [2.75, 3.05) is 11.9 Å². The van der Waals surface area contributed by atoms with Crippen molar-refractivity contribution in [3.8, 4) is 5.75 Å². The summed E-state index contributed by atoms with van der Waals surface area (Å²) in [6.45, 7) is 5.92. The van der Waals surface area contributed by atoms with Gasteiger partial charge >= 0.3 is 5.97 Å². The first-order chi connectivity index (χ1) is 13.3. The molecule has 0 spiro atoms. The molecule has 3 N–H and O–H groups in total. The van der Waals surface area contributed by atoms with Crippen molar-refractivity contribution in [2.45, 2.75) is 26.7 Å². The number of nitrogens with one attached hydrogen (secondary N) is 2. The maximum Gasteiger partial charge on any atom is 0.341 e. The number of aromatic hydroxyl groups is 1. The lowest BCUT2D eigenvalue weighted by Crippen LogP contribution is -2.21. The Bertz CT molecular complexity index is 1110. The number of ether oxygens (including phenoxy) is 1. The third kappa shape index (κ3) is 3.77. The maximum atomic E-state index is 12.8. The van der Waals surface area contributed by atoms with Crippen molar-refractivity contribution < 1.29 is 23.8 Å². The van der Waals surface area contributed by atoms with Crippen LogP contribution in [0.25, 0.3) is 11.0 Å². The molecule has 3 rings (SSSR count). The van der Waals surface area contributed by atoms with E-state index in [1.165, 1.54) is 23.5 Å². The lowest BCUT2D eigenvalue weighted by atomic mass is 10.1. The van der Waals surface area contributed by atoms with E-state index in [4.69, 9.17) is 14.6 Å². The second-order valence-electron chi connectivity index (χ2n) is 6.41. The van der Waals surface area contributed by atoms with Gasteiger partial charge in [-0.3, -0.25) is 10.2 Å². The number of phenols is 1. The highest BCUT2D eigenvalue weighted by Crippen LogP contribution is 2.34. The number of carbonyl (C=O) groups is 2. The summed E-state index contributed by atoms with van der Waals surface area (Å²) < 4.78 is 10.4. The van der Waals surface area contributed by atoms with Crippen LogP contribution in [0.15, 0.2) is 34.7 Å². The largest absolute Gasteiger partial charge is 0.504 e. The van der Waals surface area contributed by atoms with Crippen LogP contribution in [0.4, 0.5) is 5.00 Å². The van der Waals surface area contributed by atoms with Crippen LogP contribution >= 0.6 is 11.3 Å². The van der Waals surface area contributed by atoms with Gasteiger partial charge in [-0.1, -0.05) is 26.0 Å². The second kappa shape index (κ2) is 7.85. The van der Waals surface area contributed by atoms with Gasteiger partial charge in [0.2, 0.25) is 5.55 Å². The maximum absolute atomic E-state index is 12.8. The predicted octanol–water partition coefficient (Wildman–Crippen LogP) is 4.23. The van der Waals surface area contributed by atoms with Crippen LogP contribution in [0.2, 0.25) is 0 Å². The first kappa shape index (κ1) is 19.6. The monoisotopic (exact) mass is 400 g/mol. The van der Waals surface area contributed by atoms with Gasteiger partial charge in [0.05, 0.1) is 12.2 Å². The van der Waals surface area contributed by atoms with Crippen LogP contribution in [-0.2, 0) is 4.74 Å². The number of fused-ring (bicyclic) bond motifs is 1. The van der Waals surface area contributed by atoms with Gasteiger partial charge in [0, 0.05) is 10.3 Å². The van der Waals surface area contributed by atoms with Crippen LogP contribution in [0.5, 0.6) is 5.75 Å².